The van der Waals surface area contributed by atoms with Crippen LogP contribution in [0.15, 0.2) is 18.6 Å². The van der Waals surface area contributed by atoms with Gasteiger partial charge in [-0.1, -0.05) is 6.92 Å². The molecule has 5 heteroatoms. The number of hydrogen-bond acceptors (Lipinski definition) is 5. The molecule has 2 aromatic rings. The topological polar surface area (TPSA) is 50.7 Å². The molecule has 0 aromatic carbocycles. The van der Waals surface area contributed by atoms with Crippen LogP contribution in [0.2, 0.25) is 0 Å². The van der Waals surface area contributed by atoms with Crippen LogP contribution in [0.3, 0.4) is 0 Å². The monoisotopic (exact) mass is 234 g/mol. The van der Waals surface area contributed by atoms with Crippen molar-refractivity contribution in [2.75, 3.05) is 7.05 Å². The second-order valence-electron chi connectivity index (χ2n) is 3.37. The molecule has 1 N–H and O–H groups in total. The molecule has 84 valence electrons. The van der Waals surface area contributed by atoms with E-state index >= 15 is 0 Å². The van der Waals surface area contributed by atoms with Crippen LogP contribution in [0.1, 0.15) is 17.5 Å². The van der Waals surface area contributed by atoms with Crippen LogP contribution < -0.4 is 5.32 Å². The van der Waals surface area contributed by atoms with Crippen LogP contribution in [0.5, 0.6) is 0 Å². The van der Waals surface area contributed by atoms with E-state index in [0.29, 0.717) is 0 Å². The molecule has 0 aliphatic rings. The van der Waals surface area contributed by atoms with Crippen LogP contribution in [-0.4, -0.2) is 22.0 Å². The maximum absolute atomic E-state index is 4.61. The molecule has 0 aliphatic carbocycles. The second-order valence-corrected chi connectivity index (χ2v) is 4.45. The van der Waals surface area contributed by atoms with E-state index in [4.69, 9.17) is 0 Å². The summed E-state index contributed by atoms with van der Waals surface area (Å²) in [7, 11) is 1.95. The lowest BCUT2D eigenvalue weighted by atomic mass is 10.3. The second kappa shape index (κ2) is 5.14. The van der Waals surface area contributed by atoms with Crippen LogP contribution >= 0.6 is 11.3 Å². The van der Waals surface area contributed by atoms with E-state index < -0.39 is 0 Å². The molecular formula is C11H14N4S. The standard InChI is InChI=1S/C11H14N4S/c1-3-8-10(6-12-2)16-11(15-8)9-4-5-13-7-14-9/h4-5,7,12H,3,6H2,1-2H3. The molecule has 4 nitrogen and oxygen atoms in total. The average molecular weight is 234 g/mol. The Morgan fingerprint density at radius 1 is 1.44 bits per heavy atom. The summed E-state index contributed by atoms with van der Waals surface area (Å²) in [6, 6.07) is 1.89. The van der Waals surface area contributed by atoms with Gasteiger partial charge >= 0.3 is 0 Å². The lowest BCUT2D eigenvalue weighted by Gasteiger charge is -1.96. The van der Waals surface area contributed by atoms with E-state index in [2.05, 4.69) is 27.2 Å². The predicted molar refractivity (Wildman–Crippen MR) is 65.3 cm³/mol. The van der Waals surface area contributed by atoms with E-state index in [1.54, 1.807) is 23.9 Å². The van der Waals surface area contributed by atoms with Crippen LogP contribution in [0.4, 0.5) is 0 Å². The summed E-state index contributed by atoms with van der Waals surface area (Å²) < 4.78 is 0. The van der Waals surface area contributed by atoms with Crippen molar-refractivity contribution in [3.8, 4) is 10.7 Å². The SMILES string of the molecule is CCc1nc(-c2ccncn2)sc1CNC. The zero-order chi connectivity index (χ0) is 11.4. The molecule has 0 amide bonds. The van der Waals surface area contributed by atoms with Gasteiger partial charge in [0.15, 0.2) is 0 Å². The fourth-order valence-electron chi connectivity index (χ4n) is 1.49. The van der Waals surface area contributed by atoms with Gasteiger partial charge in [-0.25, -0.2) is 15.0 Å². The molecule has 0 spiro atoms. The predicted octanol–water partition coefficient (Wildman–Crippen LogP) is 1.88. The van der Waals surface area contributed by atoms with Crippen LogP contribution in [0.25, 0.3) is 10.7 Å². The summed E-state index contributed by atoms with van der Waals surface area (Å²) in [6.07, 6.45) is 4.26. The third-order valence-corrected chi connectivity index (χ3v) is 3.37. The first-order chi connectivity index (χ1) is 7.85. The van der Waals surface area contributed by atoms with Crippen molar-refractivity contribution >= 4 is 11.3 Å². The highest BCUT2D eigenvalue weighted by Crippen LogP contribution is 2.26. The smallest absolute Gasteiger partial charge is 0.142 e. The van der Waals surface area contributed by atoms with Gasteiger partial charge in [0.2, 0.25) is 0 Å². The number of hydrogen-bond donors (Lipinski definition) is 1. The van der Waals surface area contributed by atoms with E-state index in [9.17, 15) is 0 Å². The van der Waals surface area contributed by atoms with E-state index in [1.807, 2.05) is 13.1 Å². The first-order valence-electron chi connectivity index (χ1n) is 5.24. The van der Waals surface area contributed by atoms with Gasteiger partial charge in [0, 0.05) is 17.6 Å². The van der Waals surface area contributed by atoms with E-state index in [0.717, 1.165) is 29.4 Å². The van der Waals surface area contributed by atoms with Crippen molar-refractivity contribution < 1.29 is 0 Å². The average Bonchev–Trinajstić information content (AvgIpc) is 2.74. The molecule has 0 saturated heterocycles. The van der Waals surface area contributed by atoms with E-state index in [1.165, 1.54) is 4.88 Å². The first kappa shape index (κ1) is 11.2. The molecule has 0 radical (unpaired) electrons. The highest BCUT2D eigenvalue weighted by molar-refractivity contribution is 7.15. The Balaban J connectivity index is 2.36. The summed E-state index contributed by atoms with van der Waals surface area (Å²) in [5.41, 5.74) is 2.06. The molecule has 0 bridgehead atoms. The minimum atomic E-state index is 0.867. The minimum absolute atomic E-state index is 0.867. The van der Waals surface area contributed by atoms with Gasteiger partial charge in [-0.15, -0.1) is 11.3 Å². The van der Waals surface area contributed by atoms with Gasteiger partial charge in [-0.2, -0.15) is 0 Å². The van der Waals surface area contributed by atoms with Gasteiger partial charge in [0.1, 0.15) is 17.0 Å². The normalized spacial score (nSPS) is 10.6. The third kappa shape index (κ3) is 2.25. The molecule has 0 atom stereocenters. The molecule has 2 rings (SSSR count). The van der Waals surface area contributed by atoms with Crippen LogP contribution in [0, 0.1) is 0 Å². The molecule has 0 aliphatic heterocycles. The Kier molecular flexibility index (Phi) is 3.58. The van der Waals surface area contributed by atoms with Crippen molar-refractivity contribution in [1.29, 1.82) is 0 Å². The van der Waals surface area contributed by atoms with Crippen molar-refractivity contribution in [3.63, 3.8) is 0 Å². The number of thiazole rings is 1. The number of nitrogens with zero attached hydrogens (tertiary/aromatic N) is 3. The fourth-order valence-corrected chi connectivity index (χ4v) is 2.62. The highest BCUT2D eigenvalue weighted by atomic mass is 32.1. The number of aromatic nitrogens is 3. The minimum Gasteiger partial charge on any atom is -0.315 e. The summed E-state index contributed by atoms with van der Waals surface area (Å²) in [5, 5.41) is 4.14. The van der Waals surface area contributed by atoms with Gasteiger partial charge < -0.3 is 5.32 Å². The summed E-state index contributed by atoms with van der Waals surface area (Å²) in [4.78, 5) is 14.0. The lowest BCUT2D eigenvalue weighted by Crippen LogP contribution is -2.05. The zero-order valence-electron chi connectivity index (χ0n) is 9.40. The van der Waals surface area contributed by atoms with Gasteiger partial charge in [0.25, 0.3) is 0 Å². The molecule has 0 fully saturated rings. The number of nitrogens with one attached hydrogen (secondary N) is 1. The van der Waals surface area contributed by atoms with Crippen molar-refractivity contribution in [3.05, 3.63) is 29.2 Å². The Labute approximate surface area is 98.8 Å². The Bertz CT molecular complexity index is 452. The van der Waals surface area contributed by atoms with Gasteiger partial charge in [-0.05, 0) is 19.5 Å². The quantitative estimate of drug-likeness (QED) is 0.877. The maximum Gasteiger partial charge on any atom is 0.142 e. The lowest BCUT2D eigenvalue weighted by molar-refractivity contribution is 0.814. The highest BCUT2D eigenvalue weighted by Gasteiger charge is 2.10. The number of aryl methyl sites for hydroxylation is 1. The van der Waals surface area contributed by atoms with E-state index in [-0.39, 0.29) is 0 Å². The summed E-state index contributed by atoms with van der Waals surface area (Å²) in [6.45, 7) is 2.99. The molecular weight excluding hydrogens is 220 g/mol. The Morgan fingerprint density at radius 2 is 2.31 bits per heavy atom. The van der Waals surface area contributed by atoms with Crippen molar-refractivity contribution in [2.45, 2.75) is 19.9 Å². The molecule has 2 aromatic heterocycles. The molecule has 0 saturated carbocycles. The number of rotatable bonds is 4. The fraction of sp³-hybridized carbons (Fsp3) is 0.364. The zero-order valence-corrected chi connectivity index (χ0v) is 10.2. The largest absolute Gasteiger partial charge is 0.315 e. The Hall–Kier alpha value is -1.33. The summed E-state index contributed by atoms with van der Waals surface area (Å²) in [5.74, 6) is 0. The Morgan fingerprint density at radius 3 is 2.94 bits per heavy atom. The van der Waals surface area contributed by atoms with Crippen LogP contribution in [-0.2, 0) is 13.0 Å². The van der Waals surface area contributed by atoms with Gasteiger partial charge in [0.05, 0.1) is 5.69 Å². The summed E-state index contributed by atoms with van der Waals surface area (Å²) >= 11 is 1.70. The molecule has 0 unspecified atom stereocenters. The first-order valence-corrected chi connectivity index (χ1v) is 6.06. The maximum atomic E-state index is 4.61. The van der Waals surface area contributed by atoms with Gasteiger partial charge in [-0.3, -0.25) is 0 Å². The van der Waals surface area contributed by atoms with Crippen molar-refractivity contribution in [1.82, 2.24) is 20.3 Å². The third-order valence-electron chi connectivity index (χ3n) is 2.25. The van der Waals surface area contributed by atoms with Crippen molar-refractivity contribution in [2.24, 2.45) is 0 Å². The molecule has 16 heavy (non-hydrogen) atoms. The molecule has 2 heterocycles.